The Labute approximate surface area is 106 Å². The summed E-state index contributed by atoms with van der Waals surface area (Å²) >= 11 is 0. The molecule has 4 nitrogen and oxygen atoms in total. The molecular weight excluding hydrogens is 228 g/mol. The predicted molar refractivity (Wildman–Crippen MR) is 68.9 cm³/mol. The van der Waals surface area contributed by atoms with Crippen LogP contribution in [0, 0.1) is 0 Å². The number of carbonyl (C=O) groups excluding carboxylic acids is 1. The van der Waals surface area contributed by atoms with Crippen molar-refractivity contribution >= 4 is 5.78 Å². The molecule has 0 aliphatic heterocycles. The minimum atomic E-state index is 0.0664. The molecule has 0 saturated heterocycles. The van der Waals surface area contributed by atoms with Crippen molar-refractivity contribution in [2.75, 3.05) is 6.61 Å². The zero-order valence-corrected chi connectivity index (χ0v) is 10.6. The van der Waals surface area contributed by atoms with Crippen molar-refractivity contribution in [3.8, 4) is 5.75 Å². The van der Waals surface area contributed by atoms with E-state index in [0.29, 0.717) is 18.6 Å². The highest BCUT2D eigenvalue weighted by Crippen LogP contribution is 2.13. The van der Waals surface area contributed by atoms with Crippen LogP contribution in [0.1, 0.15) is 23.0 Å². The van der Waals surface area contributed by atoms with Gasteiger partial charge in [0.25, 0.3) is 0 Å². The Kier molecular flexibility index (Phi) is 3.77. The first-order chi connectivity index (χ1) is 8.69. The summed E-state index contributed by atoms with van der Waals surface area (Å²) in [6, 6.07) is 9.06. The highest BCUT2D eigenvalue weighted by Gasteiger charge is 2.09. The van der Waals surface area contributed by atoms with Gasteiger partial charge in [0.05, 0.1) is 18.7 Å². The van der Waals surface area contributed by atoms with E-state index in [1.807, 2.05) is 38.4 Å². The van der Waals surface area contributed by atoms with Crippen molar-refractivity contribution in [1.82, 2.24) is 9.78 Å². The number of ketones is 1. The van der Waals surface area contributed by atoms with Crippen molar-refractivity contribution in [2.45, 2.75) is 13.3 Å². The molecule has 0 radical (unpaired) electrons. The number of benzene rings is 1. The van der Waals surface area contributed by atoms with Crippen LogP contribution < -0.4 is 4.74 Å². The Morgan fingerprint density at radius 2 is 2.00 bits per heavy atom. The normalized spacial score (nSPS) is 10.3. The van der Waals surface area contributed by atoms with E-state index in [2.05, 4.69) is 5.10 Å². The molecule has 2 aromatic rings. The lowest BCUT2D eigenvalue weighted by atomic mass is 10.1. The number of aromatic nitrogens is 2. The maximum atomic E-state index is 12.0. The van der Waals surface area contributed by atoms with Crippen LogP contribution in [0.15, 0.2) is 36.5 Å². The van der Waals surface area contributed by atoms with Crippen LogP contribution in [-0.2, 0) is 13.5 Å². The van der Waals surface area contributed by atoms with Crippen molar-refractivity contribution < 1.29 is 9.53 Å². The SMILES string of the molecule is CCOc1ccc(C(=O)Cc2ccn(C)n2)cc1. The molecular formula is C14H16N2O2. The lowest BCUT2D eigenvalue weighted by Crippen LogP contribution is -2.04. The van der Waals surface area contributed by atoms with Crippen molar-refractivity contribution in [3.05, 3.63) is 47.8 Å². The maximum absolute atomic E-state index is 12.0. The summed E-state index contributed by atoms with van der Waals surface area (Å²) in [5.74, 6) is 0.851. The average Bonchev–Trinajstić information content (AvgIpc) is 2.76. The van der Waals surface area contributed by atoms with E-state index in [1.165, 1.54) is 0 Å². The highest BCUT2D eigenvalue weighted by molar-refractivity contribution is 5.97. The molecule has 0 amide bonds. The molecule has 0 fully saturated rings. The third-order valence-corrected chi connectivity index (χ3v) is 2.60. The number of rotatable bonds is 5. The van der Waals surface area contributed by atoms with Gasteiger partial charge in [-0.05, 0) is 37.3 Å². The Morgan fingerprint density at radius 3 is 2.56 bits per heavy atom. The maximum Gasteiger partial charge on any atom is 0.168 e. The number of carbonyl (C=O) groups is 1. The van der Waals surface area contributed by atoms with Gasteiger partial charge < -0.3 is 4.74 Å². The molecule has 0 saturated carbocycles. The molecule has 0 bridgehead atoms. The van der Waals surface area contributed by atoms with E-state index in [0.717, 1.165) is 11.4 Å². The number of ether oxygens (including phenoxy) is 1. The lowest BCUT2D eigenvalue weighted by Gasteiger charge is -2.03. The minimum Gasteiger partial charge on any atom is -0.494 e. The first kappa shape index (κ1) is 12.4. The second-order valence-electron chi connectivity index (χ2n) is 4.04. The quantitative estimate of drug-likeness (QED) is 0.758. The van der Waals surface area contributed by atoms with Crippen LogP contribution in [0.5, 0.6) is 5.75 Å². The molecule has 2 rings (SSSR count). The predicted octanol–water partition coefficient (Wildman–Crippen LogP) is 2.24. The molecule has 0 aliphatic carbocycles. The Balaban J connectivity index is 2.04. The average molecular weight is 244 g/mol. The number of hydrogen-bond donors (Lipinski definition) is 0. The summed E-state index contributed by atoms with van der Waals surface area (Å²) < 4.78 is 7.03. The van der Waals surface area contributed by atoms with E-state index in [-0.39, 0.29) is 5.78 Å². The number of aryl methyl sites for hydroxylation is 1. The van der Waals surface area contributed by atoms with Crippen LogP contribution in [0.25, 0.3) is 0 Å². The van der Waals surface area contributed by atoms with Crippen molar-refractivity contribution in [3.63, 3.8) is 0 Å². The standard InChI is InChI=1S/C14H16N2O2/c1-3-18-13-6-4-11(5-7-13)14(17)10-12-8-9-16(2)15-12/h4-9H,3,10H2,1-2H3. The van der Waals surface area contributed by atoms with Gasteiger partial charge in [-0.1, -0.05) is 0 Å². The van der Waals surface area contributed by atoms with Gasteiger partial charge in [-0.25, -0.2) is 0 Å². The third-order valence-electron chi connectivity index (χ3n) is 2.60. The van der Waals surface area contributed by atoms with Crippen LogP contribution in [0.2, 0.25) is 0 Å². The zero-order valence-electron chi connectivity index (χ0n) is 10.6. The van der Waals surface area contributed by atoms with Gasteiger partial charge in [0.1, 0.15) is 5.75 Å². The Hall–Kier alpha value is -2.10. The van der Waals surface area contributed by atoms with Gasteiger partial charge in [0.15, 0.2) is 5.78 Å². The van der Waals surface area contributed by atoms with E-state index < -0.39 is 0 Å². The Bertz CT molecular complexity index is 529. The third kappa shape index (κ3) is 2.97. The van der Waals surface area contributed by atoms with E-state index in [9.17, 15) is 4.79 Å². The largest absolute Gasteiger partial charge is 0.494 e. The number of Topliss-reactive ketones (excluding diaryl/α,β-unsaturated/α-hetero) is 1. The highest BCUT2D eigenvalue weighted by atomic mass is 16.5. The molecule has 0 N–H and O–H groups in total. The topological polar surface area (TPSA) is 44.1 Å². The van der Waals surface area contributed by atoms with E-state index >= 15 is 0 Å². The van der Waals surface area contributed by atoms with Crippen LogP contribution in [0.4, 0.5) is 0 Å². The lowest BCUT2D eigenvalue weighted by molar-refractivity contribution is 0.0992. The van der Waals surface area contributed by atoms with E-state index in [4.69, 9.17) is 4.74 Å². The van der Waals surface area contributed by atoms with Gasteiger partial charge in [-0.3, -0.25) is 9.48 Å². The molecule has 1 aromatic carbocycles. The van der Waals surface area contributed by atoms with Gasteiger partial charge in [0.2, 0.25) is 0 Å². The number of hydrogen-bond acceptors (Lipinski definition) is 3. The monoisotopic (exact) mass is 244 g/mol. The molecule has 18 heavy (non-hydrogen) atoms. The molecule has 1 aromatic heterocycles. The summed E-state index contributed by atoms with van der Waals surface area (Å²) in [6.45, 7) is 2.56. The summed E-state index contributed by atoms with van der Waals surface area (Å²) in [5, 5.41) is 4.19. The first-order valence-corrected chi connectivity index (χ1v) is 5.93. The van der Waals surface area contributed by atoms with Gasteiger partial charge in [-0.15, -0.1) is 0 Å². The second-order valence-corrected chi connectivity index (χ2v) is 4.04. The summed E-state index contributed by atoms with van der Waals surface area (Å²) in [7, 11) is 1.84. The fraction of sp³-hybridized carbons (Fsp3) is 0.286. The van der Waals surface area contributed by atoms with E-state index in [1.54, 1.807) is 16.8 Å². The molecule has 0 aliphatic rings. The molecule has 94 valence electrons. The fourth-order valence-electron chi connectivity index (χ4n) is 1.73. The fourth-order valence-corrected chi connectivity index (χ4v) is 1.73. The first-order valence-electron chi connectivity index (χ1n) is 5.93. The molecule has 1 heterocycles. The smallest absolute Gasteiger partial charge is 0.168 e. The van der Waals surface area contributed by atoms with Gasteiger partial charge in [0, 0.05) is 18.8 Å². The van der Waals surface area contributed by atoms with Crippen LogP contribution >= 0.6 is 0 Å². The van der Waals surface area contributed by atoms with Crippen molar-refractivity contribution in [2.24, 2.45) is 7.05 Å². The molecule has 4 heteroatoms. The molecule has 0 atom stereocenters. The molecule has 0 spiro atoms. The second kappa shape index (κ2) is 5.49. The van der Waals surface area contributed by atoms with Crippen LogP contribution in [-0.4, -0.2) is 22.2 Å². The Morgan fingerprint density at radius 1 is 1.28 bits per heavy atom. The minimum absolute atomic E-state index is 0.0664. The van der Waals surface area contributed by atoms with Crippen molar-refractivity contribution in [1.29, 1.82) is 0 Å². The van der Waals surface area contributed by atoms with Crippen LogP contribution in [0.3, 0.4) is 0 Å². The molecule has 0 unspecified atom stereocenters. The summed E-state index contributed by atoms with van der Waals surface area (Å²) in [6.07, 6.45) is 2.16. The van der Waals surface area contributed by atoms with Gasteiger partial charge >= 0.3 is 0 Å². The zero-order chi connectivity index (χ0) is 13.0. The summed E-state index contributed by atoms with van der Waals surface area (Å²) in [5.41, 5.74) is 1.47. The van der Waals surface area contributed by atoms with Gasteiger partial charge in [-0.2, -0.15) is 5.10 Å². The summed E-state index contributed by atoms with van der Waals surface area (Å²) in [4.78, 5) is 12.0. The number of nitrogens with zero attached hydrogens (tertiary/aromatic N) is 2.